The van der Waals surface area contributed by atoms with Crippen molar-refractivity contribution in [2.75, 3.05) is 0 Å². The van der Waals surface area contributed by atoms with E-state index in [4.69, 9.17) is 0 Å². The molecule has 0 heterocycles. The molecule has 1 fully saturated rings. The Morgan fingerprint density at radius 3 is 2.87 bits per heavy atom. The third-order valence-corrected chi connectivity index (χ3v) is 4.50. The largest absolute Gasteiger partial charge is 0.0649 e. The van der Waals surface area contributed by atoms with Crippen LogP contribution >= 0.6 is 15.9 Å². The third kappa shape index (κ3) is 2.44. The van der Waals surface area contributed by atoms with Crippen LogP contribution < -0.4 is 0 Å². The van der Waals surface area contributed by atoms with Crippen molar-refractivity contribution in [1.29, 1.82) is 0 Å². The molecule has 0 spiro atoms. The summed E-state index contributed by atoms with van der Waals surface area (Å²) in [4.78, 5) is 0. The van der Waals surface area contributed by atoms with E-state index in [1.807, 2.05) is 0 Å². The standard InChI is InChI=1S/C14H19Br/c1-3-14(2)8-7-12(10-14)11-5-4-6-13(15)9-11/h4-6,9,12H,3,7-8,10H2,1-2H3. The highest BCUT2D eigenvalue weighted by atomic mass is 79.9. The fourth-order valence-corrected chi connectivity index (χ4v) is 3.10. The van der Waals surface area contributed by atoms with Crippen molar-refractivity contribution in [3.8, 4) is 0 Å². The average molecular weight is 267 g/mol. The third-order valence-electron chi connectivity index (χ3n) is 4.01. The molecule has 0 saturated heterocycles. The lowest BCUT2D eigenvalue weighted by atomic mass is 9.84. The van der Waals surface area contributed by atoms with Gasteiger partial charge in [0.2, 0.25) is 0 Å². The normalized spacial score (nSPS) is 30.7. The molecule has 0 bridgehead atoms. The fraction of sp³-hybridized carbons (Fsp3) is 0.571. The van der Waals surface area contributed by atoms with E-state index in [0.29, 0.717) is 5.41 Å². The van der Waals surface area contributed by atoms with Crippen LogP contribution in [-0.4, -0.2) is 0 Å². The second-order valence-electron chi connectivity index (χ2n) is 5.16. The number of hydrogen-bond donors (Lipinski definition) is 0. The molecule has 2 rings (SSSR count). The fourth-order valence-electron chi connectivity index (χ4n) is 2.69. The molecule has 1 aromatic carbocycles. The minimum atomic E-state index is 0.590. The van der Waals surface area contributed by atoms with E-state index in [-0.39, 0.29) is 0 Å². The number of halogens is 1. The van der Waals surface area contributed by atoms with Crippen LogP contribution in [0.4, 0.5) is 0 Å². The van der Waals surface area contributed by atoms with Gasteiger partial charge in [0, 0.05) is 4.47 Å². The summed E-state index contributed by atoms with van der Waals surface area (Å²) in [6, 6.07) is 8.82. The first kappa shape index (κ1) is 11.2. The molecule has 1 aliphatic rings. The first-order valence-electron chi connectivity index (χ1n) is 5.88. The summed E-state index contributed by atoms with van der Waals surface area (Å²) in [7, 11) is 0. The maximum absolute atomic E-state index is 3.55. The summed E-state index contributed by atoms with van der Waals surface area (Å²) < 4.78 is 1.21. The van der Waals surface area contributed by atoms with Crippen molar-refractivity contribution in [2.24, 2.45) is 5.41 Å². The zero-order valence-corrected chi connectivity index (χ0v) is 11.2. The van der Waals surface area contributed by atoms with Crippen molar-refractivity contribution in [1.82, 2.24) is 0 Å². The lowest BCUT2D eigenvalue weighted by molar-refractivity contribution is 0.319. The van der Waals surface area contributed by atoms with Gasteiger partial charge in [0.1, 0.15) is 0 Å². The first-order chi connectivity index (χ1) is 7.13. The Balaban J connectivity index is 2.14. The minimum absolute atomic E-state index is 0.590. The van der Waals surface area contributed by atoms with Gasteiger partial charge < -0.3 is 0 Å². The van der Waals surface area contributed by atoms with Crippen molar-refractivity contribution in [2.45, 2.75) is 45.4 Å². The summed E-state index contributed by atoms with van der Waals surface area (Å²) in [5.74, 6) is 0.785. The SMILES string of the molecule is CCC1(C)CCC(c2cccc(Br)c2)C1. The van der Waals surface area contributed by atoms with Crippen LogP contribution in [0.25, 0.3) is 0 Å². The van der Waals surface area contributed by atoms with Gasteiger partial charge >= 0.3 is 0 Å². The molecule has 0 nitrogen and oxygen atoms in total. The highest BCUT2D eigenvalue weighted by molar-refractivity contribution is 9.10. The molecule has 1 aliphatic carbocycles. The first-order valence-corrected chi connectivity index (χ1v) is 6.68. The lowest BCUT2D eigenvalue weighted by Gasteiger charge is -2.21. The van der Waals surface area contributed by atoms with Crippen LogP contribution in [0.15, 0.2) is 28.7 Å². The summed E-state index contributed by atoms with van der Waals surface area (Å²) in [6.45, 7) is 4.76. The minimum Gasteiger partial charge on any atom is -0.0649 e. The molecule has 0 aliphatic heterocycles. The summed E-state index contributed by atoms with van der Waals surface area (Å²) in [6.07, 6.45) is 5.43. The van der Waals surface area contributed by atoms with Crippen LogP contribution in [-0.2, 0) is 0 Å². The zero-order chi connectivity index (χ0) is 10.9. The monoisotopic (exact) mass is 266 g/mol. The van der Waals surface area contributed by atoms with Crippen LogP contribution in [0.3, 0.4) is 0 Å². The van der Waals surface area contributed by atoms with E-state index in [1.54, 1.807) is 0 Å². The summed E-state index contributed by atoms with van der Waals surface area (Å²) >= 11 is 3.55. The molecular formula is C14H19Br. The van der Waals surface area contributed by atoms with E-state index in [0.717, 1.165) is 5.92 Å². The molecule has 1 heteroatoms. The van der Waals surface area contributed by atoms with Crippen molar-refractivity contribution in [3.05, 3.63) is 34.3 Å². The molecule has 0 N–H and O–H groups in total. The highest BCUT2D eigenvalue weighted by Crippen LogP contribution is 2.48. The van der Waals surface area contributed by atoms with Crippen molar-refractivity contribution in [3.63, 3.8) is 0 Å². The van der Waals surface area contributed by atoms with Gasteiger partial charge in [-0.15, -0.1) is 0 Å². The molecule has 0 radical (unpaired) electrons. The van der Waals surface area contributed by atoms with Gasteiger partial charge in [0.25, 0.3) is 0 Å². The second-order valence-corrected chi connectivity index (χ2v) is 6.07. The van der Waals surface area contributed by atoms with Gasteiger partial charge in [0.05, 0.1) is 0 Å². The van der Waals surface area contributed by atoms with Crippen LogP contribution in [0.1, 0.15) is 51.0 Å². The Labute approximate surface area is 101 Å². The summed E-state index contributed by atoms with van der Waals surface area (Å²) in [5.41, 5.74) is 2.11. The quantitative estimate of drug-likeness (QED) is 0.696. The van der Waals surface area contributed by atoms with Gasteiger partial charge in [0.15, 0.2) is 0 Å². The maximum Gasteiger partial charge on any atom is 0.0178 e. The Morgan fingerprint density at radius 1 is 1.47 bits per heavy atom. The van der Waals surface area contributed by atoms with E-state index in [1.165, 1.54) is 35.7 Å². The Morgan fingerprint density at radius 2 is 2.27 bits per heavy atom. The second kappa shape index (κ2) is 4.29. The van der Waals surface area contributed by atoms with Crippen molar-refractivity contribution >= 4 is 15.9 Å². The Bertz CT molecular complexity index is 345. The number of rotatable bonds is 2. The van der Waals surface area contributed by atoms with Crippen LogP contribution in [0, 0.1) is 5.41 Å². The molecule has 1 saturated carbocycles. The number of hydrogen-bond acceptors (Lipinski definition) is 0. The molecule has 1 aromatic rings. The smallest absolute Gasteiger partial charge is 0.0178 e. The van der Waals surface area contributed by atoms with Gasteiger partial charge in [-0.05, 0) is 48.3 Å². The van der Waals surface area contributed by atoms with Gasteiger partial charge in [-0.1, -0.05) is 48.3 Å². The zero-order valence-electron chi connectivity index (χ0n) is 9.59. The Kier molecular flexibility index (Phi) is 3.20. The summed E-state index contributed by atoms with van der Waals surface area (Å²) in [5, 5.41) is 0. The van der Waals surface area contributed by atoms with E-state index < -0.39 is 0 Å². The molecule has 0 amide bonds. The van der Waals surface area contributed by atoms with Gasteiger partial charge in [-0.2, -0.15) is 0 Å². The number of benzene rings is 1. The van der Waals surface area contributed by atoms with E-state index in [2.05, 4.69) is 54.0 Å². The maximum atomic E-state index is 3.55. The Hall–Kier alpha value is -0.300. The van der Waals surface area contributed by atoms with E-state index in [9.17, 15) is 0 Å². The van der Waals surface area contributed by atoms with Crippen LogP contribution in [0.5, 0.6) is 0 Å². The van der Waals surface area contributed by atoms with E-state index >= 15 is 0 Å². The van der Waals surface area contributed by atoms with Crippen LogP contribution in [0.2, 0.25) is 0 Å². The average Bonchev–Trinajstić information content (AvgIpc) is 2.62. The molecule has 2 unspecified atom stereocenters. The molecule has 82 valence electrons. The highest BCUT2D eigenvalue weighted by Gasteiger charge is 2.33. The van der Waals surface area contributed by atoms with Gasteiger partial charge in [-0.3, -0.25) is 0 Å². The van der Waals surface area contributed by atoms with Crippen molar-refractivity contribution < 1.29 is 0 Å². The molecule has 2 atom stereocenters. The predicted molar refractivity (Wildman–Crippen MR) is 69.1 cm³/mol. The molecule has 15 heavy (non-hydrogen) atoms. The molecule has 0 aromatic heterocycles. The lowest BCUT2D eigenvalue weighted by Crippen LogP contribution is -2.09. The molecular weight excluding hydrogens is 248 g/mol. The topological polar surface area (TPSA) is 0 Å². The van der Waals surface area contributed by atoms with Gasteiger partial charge in [-0.25, -0.2) is 0 Å². The predicted octanol–water partition coefficient (Wildman–Crippen LogP) is 5.13.